The van der Waals surface area contributed by atoms with E-state index in [4.69, 9.17) is 16.2 Å². The molecule has 0 aromatic carbocycles. The number of aromatic amines is 2. The highest BCUT2D eigenvalue weighted by Gasteiger charge is 2.36. The molecular formula is C11H16N6O2. The summed E-state index contributed by atoms with van der Waals surface area (Å²) in [6, 6.07) is 0. The van der Waals surface area contributed by atoms with Crippen molar-refractivity contribution >= 4 is 17.1 Å². The lowest BCUT2D eigenvalue weighted by atomic mass is 9.79. The molecule has 102 valence electrons. The summed E-state index contributed by atoms with van der Waals surface area (Å²) in [6.07, 6.45) is 1.55. The number of rotatable bonds is 2. The monoisotopic (exact) mass is 264 g/mol. The van der Waals surface area contributed by atoms with E-state index in [-0.39, 0.29) is 16.9 Å². The average Bonchev–Trinajstić information content (AvgIpc) is 2.84. The molecule has 1 saturated heterocycles. The first kappa shape index (κ1) is 12.1. The van der Waals surface area contributed by atoms with E-state index in [1.807, 2.05) is 0 Å². The van der Waals surface area contributed by atoms with E-state index in [0.29, 0.717) is 36.7 Å². The molecule has 8 heteroatoms. The summed E-state index contributed by atoms with van der Waals surface area (Å²) >= 11 is 0. The Balaban J connectivity index is 2.14. The van der Waals surface area contributed by atoms with E-state index in [1.165, 1.54) is 0 Å². The molecule has 0 saturated carbocycles. The van der Waals surface area contributed by atoms with Crippen molar-refractivity contribution in [3.05, 3.63) is 16.2 Å². The second-order valence-electron chi connectivity index (χ2n) is 4.83. The zero-order valence-electron chi connectivity index (χ0n) is 10.4. The Hall–Kier alpha value is -1.93. The van der Waals surface area contributed by atoms with Gasteiger partial charge in [0.05, 0.1) is 0 Å². The number of imidazole rings is 1. The molecule has 1 aliphatic heterocycles. The number of nitrogens with zero attached hydrogens (tertiary/aromatic N) is 2. The minimum absolute atomic E-state index is 0.0596. The van der Waals surface area contributed by atoms with Crippen molar-refractivity contribution < 1.29 is 4.74 Å². The first-order valence-corrected chi connectivity index (χ1v) is 6.18. The Labute approximate surface area is 108 Å². The minimum atomic E-state index is -0.319. The number of nitrogens with two attached hydrogens (primary N) is 2. The van der Waals surface area contributed by atoms with Gasteiger partial charge >= 0.3 is 0 Å². The fourth-order valence-electron chi connectivity index (χ4n) is 2.48. The lowest BCUT2D eigenvalue weighted by Crippen LogP contribution is -2.41. The smallest absolute Gasteiger partial charge is 0.278 e. The van der Waals surface area contributed by atoms with E-state index in [9.17, 15) is 4.79 Å². The number of hydrogen-bond donors (Lipinski definition) is 4. The van der Waals surface area contributed by atoms with Gasteiger partial charge in [0.25, 0.3) is 5.56 Å². The second kappa shape index (κ2) is 4.32. The molecule has 2 aromatic rings. The Morgan fingerprint density at radius 2 is 2.00 bits per heavy atom. The molecule has 8 nitrogen and oxygen atoms in total. The molecule has 0 bridgehead atoms. The van der Waals surface area contributed by atoms with Crippen LogP contribution in [0, 0.1) is 0 Å². The van der Waals surface area contributed by atoms with Crippen molar-refractivity contribution in [1.29, 1.82) is 0 Å². The predicted molar refractivity (Wildman–Crippen MR) is 69.7 cm³/mol. The van der Waals surface area contributed by atoms with E-state index in [0.717, 1.165) is 12.8 Å². The third-order valence-electron chi connectivity index (χ3n) is 3.72. The van der Waals surface area contributed by atoms with E-state index >= 15 is 0 Å². The number of nitrogen functional groups attached to an aromatic ring is 1. The van der Waals surface area contributed by atoms with Crippen molar-refractivity contribution in [1.82, 2.24) is 19.9 Å². The highest BCUT2D eigenvalue weighted by molar-refractivity contribution is 5.70. The van der Waals surface area contributed by atoms with Gasteiger partial charge in [0.15, 0.2) is 11.2 Å². The molecular weight excluding hydrogens is 248 g/mol. The molecule has 1 fully saturated rings. The van der Waals surface area contributed by atoms with Crippen LogP contribution in [0.2, 0.25) is 0 Å². The third kappa shape index (κ3) is 1.89. The standard InChI is InChI=1S/C11H16N6O2/c12-5-11(1-3-19-4-2-11)9-14-6-7(15-9)16-10(13)17-8(6)18/h1-5,12H2,(H4,13,14,15,16,17,18). The van der Waals surface area contributed by atoms with E-state index < -0.39 is 0 Å². The van der Waals surface area contributed by atoms with Crippen LogP contribution in [0.4, 0.5) is 5.95 Å². The lowest BCUT2D eigenvalue weighted by Gasteiger charge is -2.34. The number of H-pyrrole nitrogens is 2. The highest BCUT2D eigenvalue weighted by Crippen LogP contribution is 2.32. The summed E-state index contributed by atoms with van der Waals surface area (Å²) in [7, 11) is 0. The minimum Gasteiger partial charge on any atom is -0.381 e. The van der Waals surface area contributed by atoms with Crippen LogP contribution in [0.5, 0.6) is 0 Å². The van der Waals surface area contributed by atoms with E-state index in [1.54, 1.807) is 0 Å². The number of nitrogens with one attached hydrogen (secondary N) is 2. The first-order chi connectivity index (χ1) is 9.14. The number of anilines is 1. The Morgan fingerprint density at radius 3 is 2.68 bits per heavy atom. The number of ether oxygens (including phenoxy) is 1. The van der Waals surface area contributed by atoms with Crippen LogP contribution in [0.25, 0.3) is 11.2 Å². The second-order valence-corrected chi connectivity index (χ2v) is 4.83. The van der Waals surface area contributed by atoms with Gasteiger partial charge in [-0.1, -0.05) is 0 Å². The topological polar surface area (TPSA) is 136 Å². The van der Waals surface area contributed by atoms with Crippen LogP contribution in [0.15, 0.2) is 4.79 Å². The number of hydrogen-bond acceptors (Lipinski definition) is 6. The summed E-state index contributed by atoms with van der Waals surface area (Å²) in [6.45, 7) is 1.73. The zero-order chi connectivity index (χ0) is 13.5. The highest BCUT2D eigenvalue weighted by atomic mass is 16.5. The predicted octanol–water partition coefficient (Wildman–Crippen LogP) is -0.765. The maximum absolute atomic E-state index is 11.8. The van der Waals surface area contributed by atoms with Crippen LogP contribution in [-0.4, -0.2) is 39.7 Å². The molecule has 19 heavy (non-hydrogen) atoms. The Morgan fingerprint density at radius 1 is 1.26 bits per heavy atom. The van der Waals surface area contributed by atoms with Crippen LogP contribution in [0.1, 0.15) is 18.7 Å². The number of aromatic nitrogens is 4. The fraction of sp³-hybridized carbons (Fsp3) is 0.545. The first-order valence-electron chi connectivity index (χ1n) is 6.18. The van der Waals surface area contributed by atoms with Crippen LogP contribution in [0.3, 0.4) is 0 Å². The maximum Gasteiger partial charge on any atom is 0.278 e. The van der Waals surface area contributed by atoms with Crippen molar-refractivity contribution in [2.24, 2.45) is 5.73 Å². The van der Waals surface area contributed by atoms with Gasteiger partial charge in [-0.15, -0.1) is 0 Å². The van der Waals surface area contributed by atoms with Gasteiger partial charge in [-0.05, 0) is 12.8 Å². The molecule has 3 heterocycles. The van der Waals surface area contributed by atoms with Crippen LogP contribution < -0.4 is 17.0 Å². The van der Waals surface area contributed by atoms with Crippen LogP contribution in [-0.2, 0) is 10.2 Å². The summed E-state index contributed by atoms with van der Waals surface area (Å²) in [5.41, 5.74) is 11.5. The van der Waals surface area contributed by atoms with Gasteiger partial charge < -0.3 is 21.2 Å². The normalized spacial score (nSPS) is 18.8. The van der Waals surface area contributed by atoms with Gasteiger partial charge in [0.2, 0.25) is 5.95 Å². The molecule has 6 N–H and O–H groups in total. The molecule has 0 aliphatic carbocycles. The summed E-state index contributed by atoms with van der Waals surface area (Å²) < 4.78 is 5.36. The maximum atomic E-state index is 11.8. The van der Waals surface area contributed by atoms with Crippen LogP contribution >= 0.6 is 0 Å². The van der Waals surface area contributed by atoms with Crippen molar-refractivity contribution in [2.45, 2.75) is 18.3 Å². The molecule has 0 atom stereocenters. The van der Waals surface area contributed by atoms with Gasteiger partial charge in [-0.2, -0.15) is 4.98 Å². The molecule has 0 unspecified atom stereocenters. The van der Waals surface area contributed by atoms with Gasteiger partial charge in [-0.25, -0.2) is 4.98 Å². The van der Waals surface area contributed by atoms with Gasteiger partial charge in [0.1, 0.15) is 5.82 Å². The lowest BCUT2D eigenvalue weighted by molar-refractivity contribution is 0.0503. The zero-order valence-corrected chi connectivity index (χ0v) is 10.4. The van der Waals surface area contributed by atoms with Gasteiger partial charge in [0, 0.05) is 25.2 Å². The largest absolute Gasteiger partial charge is 0.381 e. The Bertz CT molecular complexity index is 655. The molecule has 0 spiro atoms. The summed E-state index contributed by atoms with van der Waals surface area (Å²) in [4.78, 5) is 25.7. The van der Waals surface area contributed by atoms with Crippen molar-refractivity contribution in [2.75, 3.05) is 25.5 Å². The molecule has 0 radical (unpaired) electrons. The molecule has 3 rings (SSSR count). The third-order valence-corrected chi connectivity index (χ3v) is 3.72. The summed E-state index contributed by atoms with van der Waals surface area (Å²) in [5, 5.41) is 0. The average molecular weight is 264 g/mol. The van der Waals surface area contributed by atoms with Crippen molar-refractivity contribution in [3.8, 4) is 0 Å². The quantitative estimate of drug-likeness (QED) is 0.562. The van der Waals surface area contributed by atoms with Crippen molar-refractivity contribution in [3.63, 3.8) is 0 Å². The van der Waals surface area contributed by atoms with Gasteiger partial charge in [-0.3, -0.25) is 9.78 Å². The van der Waals surface area contributed by atoms with E-state index in [2.05, 4.69) is 19.9 Å². The molecule has 2 aromatic heterocycles. The Kier molecular flexibility index (Phi) is 2.76. The SMILES string of the molecule is NCC1(c2nc3nc(N)[nH]c(=O)c3[nH]2)CCOCC1. The number of fused-ring (bicyclic) bond motifs is 1. The molecule has 0 amide bonds. The summed E-state index contributed by atoms with van der Waals surface area (Å²) in [5.74, 6) is 0.751. The molecule has 1 aliphatic rings. The fourth-order valence-corrected chi connectivity index (χ4v) is 2.48.